The zero-order chi connectivity index (χ0) is 20.9. The van der Waals surface area contributed by atoms with Gasteiger partial charge in [-0.15, -0.1) is 0 Å². The molecule has 0 aliphatic carbocycles. The average molecular weight is 410 g/mol. The number of ether oxygens (including phenoxy) is 1. The highest BCUT2D eigenvalue weighted by Gasteiger charge is 2.29. The fourth-order valence-corrected chi connectivity index (χ4v) is 3.84. The van der Waals surface area contributed by atoms with Gasteiger partial charge in [0.05, 0.1) is 18.9 Å². The van der Waals surface area contributed by atoms with Crippen LogP contribution in [0.1, 0.15) is 23.5 Å². The van der Waals surface area contributed by atoms with E-state index in [-0.39, 0.29) is 11.7 Å². The summed E-state index contributed by atoms with van der Waals surface area (Å²) in [5.74, 6) is -1.12. The summed E-state index contributed by atoms with van der Waals surface area (Å²) in [5, 5.41) is 6.25. The number of benzene rings is 2. The molecule has 2 aromatic rings. The van der Waals surface area contributed by atoms with Gasteiger partial charge < -0.3 is 15.4 Å². The van der Waals surface area contributed by atoms with Crippen molar-refractivity contribution < 1.29 is 13.9 Å². The first-order valence-corrected chi connectivity index (χ1v) is 10.4. The third-order valence-corrected chi connectivity index (χ3v) is 5.54. The molecule has 0 radical (unpaired) electrons. The van der Waals surface area contributed by atoms with E-state index < -0.39 is 5.92 Å². The average Bonchev–Trinajstić information content (AvgIpc) is 3.06. The molecular formula is C23H27FN4O2. The van der Waals surface area contributed by atoms with Crippen LogP contribution in [0.3, 0.4) is 0 Å². The first-order valence-electron chi connectivity index (χ1n) is 10.4. The van der Waals surface area contributed by atoms with Gasteiger partial charge in [0.2, 0.25) is 5.91 Å². The van der Waals surface area contributed by atoms with Gasteiger partial charge in [-0.05, 0) is 67.4 Å². The number of halogens is 1. The Morgan fingerprint density at radius 1 is 1.27 bits per heavy atom. The third kappa shape index (κ3) is 4.86. The molecule has 0 saturated carbocycles. The Bertz CT molecular complexity index is 941. The first-order chi connectivity index (χ1) is 14.6. The number of fused-ring (bicyclic) bond motifs is 1. The van der Waals surface area contributed by atoms with Crippen LogP contribution in [0.25, 0.3) is 0 Å². The number of morpholine rings is 1. The SMILES string of the molecule is Cc1cc(N=CC2C(=O)Nc3ccc(F)cc32)ccc1NCCCN1CCOCC1. The Morgan fingerprint density at radius 2 is 2.10 bits per heavy atom. The minimum Gasteiger partial charge on any atom is -0.385 e. The molecule has 2 N–H and O–H groups in total. The second-order valence-electron chi connectivity index (χ2n) is 7.71. The van der Waals surface area contributed by atoms with Crippen LogP contribution >= 0.6 is 0 Å². The Labute approximate surface area is 176 Å². The van der Waals surface area contributed by atoms with Crippen LogP contribution in [-0.4, -0.2) is 56.4 Å². The van der Waals surface area contributed by atoms with Gasteiger partial charge >= 0.3 is 0 Å². The van der Waals surface area contributed by atoms with Crippen LogP contribution in [-0.2, 0) is 9.53 Å². The van der Waals surface area contributed by atoms with Gasteiger partial charge in [-0.3, -0.25) is 14.7 Å². The number of nitrogens with one attached hydrogen (secondary N) is 2. The van der Waals surface area contributed by atoms with E-state index in [1.54, 1.807) is 12.3 Å². The fraction of sp³-hybridized carbons (Fsp3) is 0.391. The van der Waals surface area contributed by atoms with Crippen molar-refractivity contribution in [3.63, 3.8) is 0 Å². The van der Waals surface area contributed by atoms with Gasteiger partial charge in [0.15, 0.2) is 0 Å². The maximum absolute atomic E-state index is 13.6. The standard InChI is InChI=1S/C23H27FN4O2/c1-16-13-18(4-6-21(16)25-7-2-8-28-9-11-30-12-10-28)26-15-20-19-14-17(24)3-5-22(19)27-23(20)29/h3-6,13-15,20,25H,2,7-12H2,1H3,(H,27,29). The predicted octanol–water partition coefficient (Wildman–Crippen LogP) is 3.71. The predicted molar refractivity (Wildman–Crippen MR) is 117 cm³/mol. The normalized spacial score (nSPS) is 19.1. The molecule has 2 aromatic carbocycles. The number of aryl methyl sites for hydroxylation is 1. The third-order valence-electron chi connectivity index (χ3n) is 5.54. The molecule has 1 amide bonds. The van der Waals surface area contributed by atoms with Gasteiger partial charge in [0.1, 0.15) is 11.7 Å². The topological polar surface area (TPSA) is 66.0 Å². The molecule has 2 aliphatic rings. The van der Waals surface area contributed by atoms with Crippen molar-refractivity contribution in [3.05, 3.63) is 53.3 Å². The summed E-state index contributed by atoms with van der Waals surface area (Å²) in [6, 6.07) is 10.2. The largest absolute Gasteiger partial charge is 0.385 e. The lowest BCUT2D eigenvalue weighted by Crippen LogP contribution is -2.37. The Balaban J connectivity index is 1.33. The highest BCUT2D eigenvalue weighted by atomic mass is 19.1. The number of hydrogen-bond donors (Lipinski definition) is 2. The van der Waals surface area contributed by atoms with E-state index in [0.29, 0.717) is 11.3 Å². The van der Waals surface area contributed by atoms with Crippen molar-refractivity contribution in [1.82, 2.24) is 4.90 Å². The van der Waals surface area contributed by atoms with Crippen molar-refractivity contribution in [2.24, 2.45) is 4.99 Å². The minimum atomic E-state index is -0.575. The molecule has 6 nitrogen and oxygen atoms in total. The van der Waals surface area contributed by atoms with Gasteiger partial charge in [0.25, 0.3) is 0 Å². The monoisotopic (exact) mass is 410 g/mol. The zero-order valence-electron chi connectivity index (χ0n) is 17.2. The first kappa shape index (κ1) is 20.5. The molecule has 2 aliphatic heterocycles. The maximum Gasteiger partial charge on any atom is 0.237 e. The van der Waals surface area contributed by atoms with E-state index in [4.69, 9.17) is 4.74 Å². The number of rotatable bonds is 7. The lowest BCUT2D eigenvalue weighted by atomic mass is 10.0. The molecule has 30 heavy (non-hydrogen) atoms. The van der Waals surface area contributed by atoms with Crippen LogP contribution in [0.4, 0.5) is 21.5 Å². The van der Waals surface area contributed by atoms with Crippen LogP contribution < -0.4 is 10.6 Å². The van der Waals surface area contributed by atoms with E-state index in [2.05, 4.69) is 20.5 Å². The van der Waals surface area contributed by atoms with Crippen LogP contribution in [0.15, 0.2) is 41.4 Å². The number of anilines is 2. The fourth-order valence-electron chi connectivity index (χ4n) is 3.84. The molecule has 1 unspecified atom stereocenters. The van der Waals surface area contributed by atoms with E-state index in [0.717, 1.165) is 62.8 Å². The molecule has 2 heterocycles. The van der Waals surface area contributed by atoms with Crippen molar-refractivity contribution in [2.75, 3.05) is 50.0 Å². The summed E-state index contributed by atoms with van der Waals surface area (Å²) in [4.78, 5) is 19.1. The maximum atomic E-state index is 13.6. The van der Waals surface area contributed by atoms with Crippen molar-refractivity contribution in [3.8, 4) is 0 Å². The van der Waals surface area contributed by atoms with Crippen molar-refractivity contribution in [2.45, 2.75) is 19.3 Å². The summed E-state index contributed by atoms with van der Waals surface area (Å²) in [6.45, 7) is 7.71. The van der Waals surface area contributed by atoms with Crippen LogP contribution in [0.2, 0.25) is 0 Å². The molecule has 7 heteroatoms. The number of amides is 1. The molecule has 1 saturated heterocycles. The van der Waals surface area contributed by atoms with E-state index in [1.165, 1.54) is 12.1 Å². The number of nitrogens with zero attached hydrogens (tertiary/aromatic N) is 2. The molecule has 0 bridgehead atoms. The number of carbonyl (C=O) groups is 1. The highest BCUT2D eigenvalue weighted by molar-refractivity contribution is 6.12. The van der Waals surface area contributed by atoms with Gasteiger partial charge in [-0.2, -0.15) is 0 Å². The van der Waals surface area contributed by atoms with Crippen LogP contribution in [0, 0.1) is 12.7 Å². The van der Waals surface area contributed by atoms with Crippen molar-refractivity contribution >= 4 is 29.2 Å². The van der Waals surface area contributed by atoms with Gasteiger partial charge in [0, 0.05) is 37.2 Å². The summed E-state index contributed by atoms with van der Waals surface area (Å²) in [5.41, 5.74) is 4.22. The summed E-state index contributed by atoms with van der Waals surface area (Å²) < 4.78 is 18.9. The zero-order valence-corrected chi connectivity index (χ0v) is 17.2. The second-order valence-corrected chi connectivity index (χ2v) is 7.71. The number of aliphatic imine (C=N–C) groups is 1. The molecule has 0 spiro atoms. The van der Waals surface area contributed by atoms with Crippen LogP contribution in [0.5, 0.6) is 0 Å². The molecule has 4 rings (SSSR count). The summed E-state index contributed by atoms with van der Waals surface area (Å²) in [7, 11) is 0. The van der Waals surface area contributed by atoms with Gasteiger partial charge in [-0.1, -0.05) is 0 Å². The molecular weight excluding hydrogens is 383 g/mol. The molecule has 1 atom stereocenters. The number of hydrogen-bond acceptors (Lipinski definition) is 5. The Kier molecular flexibility index (Phi) is 6.40. The van der Waals surface area contributed by atoms with Crippen molar-refractivity contribution in [1.29, 1.82) is 0 Å². The quantitative estimate of drug-likeness (QED) is 0.540. The highest BCUT2D eigenvalue weighted by Crippen LogP contribution is 2.32. The second kappa shape index (κ2) is 9.36. The van der Waals surface area contributed by atoms with Gasteiger partial charge in [-0.25, -0.2) is 4.39 Å². The molecule has 1 fully saturated rings. The van der Waals surface area contributed by atoms with E-state index in [9.17, 15) is 9.18 Å². The Morgan fingerprint density at radius 3 is 2.90 bits per heavy atom. The minimum absolute atomic E-state index is 0.186. The smallest absolute Gasteiger partial charge is 0.237 e. The number of carbonyl (C=O) groups excluding carboxylic acids is 1. The molecule has 0 aromatic heterocycles. The summed E-state index contributed by atoms with van der Waals surface area (Å²) >= 11 is 0. The lowest BCUT2D eigenvalue weighted by molar-refractivity contribution is -0.115. The van der Waals surface area contributed by atoms with E-state index in [1.807, 2.05) is 25.1 Å². The Hall–Kier alpha value is -2.77. The molecule has 158 valence electrons. The lowest BCUT2D eigenvalue weighted by Gasteiger charge is -2.26. The van der Waals surface area contributed by atoms with E-state index >= 15 is 0 Å². The summed E-state index contributed by atoms with van der Waals surface area (Å²) in [6.07, 6.45) is 2.66.